The molecular weight excluding hydrogens is 268 g/mol. The molecule has 1 heterocycles. The average molecular weight is 285 g/mol. The van der Waals surface area contributed by atoms with Gasteiger partial charge in [0.05, 0.1) is 12.7 Å². The topological polar surface area (TPSA) is 24.5 Å². The maximum absolute atomic E-state index is 5.68. The van der Waals surface area contributed by atoms with Crippen LogP contribution in [0.2, 0.25) is 0 Å². The number of benzene rings is 1. The largest absolute Gasteiger partial charge is 0.374 e. The number of rotatable bonds is 3. The Balaban J connectivity index is 1.91. The molecule has 0 amide bonds. The normalized spacial score (nSPS) is 20.8. The van der Waals surface area contributed by atoms with Crippen LogP contribution in [0.25, 0.3) is 0 Å². The minimum absolute atomic E-state index is 0.294. The van der Waals surface area contributed by atoms with E-state index in [1.807, 2.05) is 0 Å². The van der Waals surface area contributed by atoms with Crippen molar-refractivity contribution in [1.82, 2.24) is 5.32 Å². The number of nitrogens with one attached hydrogen (secondary N) is 1. The first-order valence-electron chi connectivity index (χ1n) is 5.55. The Kier molecular flexibility index (Phi) is 4.21. The number of ether oxygens (including phenoxy) is 1. The fourth-order valence-corrected chi connectivity index (χ4v) is 2.11. The maximum Gasteiger partial charge on any atom is 0.0874 e. The van der Waals surface area contributed by atoms with Crippen LogP contribution in [-0.2, 0) is 4.74 Å². The van der Waals surface area contributed by atoms with Crippen LogP contribution in [0, 0.1) is 0 Å². The van der Waals surface area contributed by atoms with Crippen LogP contribution in [0.3, 0.4) is 0 Å². The molecule has 1 saturated heterocycles. The molecule has 0 radical (unpaired) electrons. The zero-order valence-electron chi connectivity index (χ0n) is 9.45. The molecule has 0 aromatic heterocycles. The third-order valence-corrected chi connectivity index (χ3v) is 3.28. The van der Waals surface area contributed by atoms with E-state index in [0.717, 1.165) is 30.7 Å². The number of likely N-dealkylation sites (N-methyl/N-ethyl adjacent to an activating group) is 1. The molecule has 1 N–H and O–H groups in total. The molecule has 1 aliphatic heterocycles. The minimum Gasteiger partial charge on any atom is -0.374 e. The van der Waals surface area contributed by atoms with E-state index < -0.39 is 0 Å². The third kappa shape index (κ3) is 3.20. The van der Waals surface area contributed by atoms with Crippen molar-refractivity contribution in [3.8, 4) is 0 Å². The molecule has 1 unspecified atom stereocenters. The summed E-state index contributed by atoms with van der Waals surface area (Å²) in [6.45, 7) is 3.66. The number of anilines is 1. The molecule has 4 heteroatoms. The van der Waals surface area contributed by atoms with Crippen LogP contribution in [0.4, 0.5) is 5.69 Å². The molecule has 16 heavy (non-hydrogen) atoms. The second kappa shape index (κ2) is 5.66. The third-order valence-electron chi connectivity index (χ3n) is 2.75. The van der Waals surface area contributed by atoms with Crippen molar-refractivity contribution in [3.63, 3.8) is 0 Å². The Morgan fingerprint density at radius 3 is 2.81 bits per heavy atom. The van der Waals surface area contributed by atoms with Gasteiger partial charge in [-0.3, -0.25) is 0 Å². The summed E-state index contributed by atoms with van der Waals surface area (Å²) in [5.74, 6) is 0. The molecule has 1 atom stereocenters. The quantitative estimate of drug-likeness (QED) is 0.917. The van der Waals surface area contributed by atoms with Crippen LogP contribution in [-0.4, -0.2) is 39.4 Å². The van der Waals surface area contributed by atoms with Gasteiger partial charge < -0.3 is 15.0 Å². The van der Waals surface area contributed by atoms with E-state index in [2.05, 4.69) is 57.5 Å². The summed E-state index contributed by atoms with van der Waals surface area (Å²) in [6.07, 6.45) is 0.294. The van der Waals surface area contributed by atoms with Gasteiger partial charge in [-0.2, -0.15) is 0 Å². The first kappa shape index (κ1) is 11.9. The van der Waals surface area contributed by atoms with E-state index in [9.17, 15) is 0 Å². The van der Waals surface area contributed by atoms with Gasteiger partial charge in [-0.25, -0.2) is 0 Å². The fourth-order valence-electron chi connectivity index (χ4n) is 1.84. The SMILES string of the molecule is CN(CC1CNCCO1)c1ccc(Br)cc1. The van der Waals surface area contributed by atoms with Crippen LogP contribution >= 0.6 is 15.9 Å². The summed E-state index contributed by atoms with van der Waals surface area (Å²) in [5, 5.41) is 3.34. The van der Waals surface area contributed by atoms with Crippen LogP contribution in [0.5, 0.6) is 0 Å². The monoisotopic (exact) mass is 284 g/mol. The van der Waals surface area contributed by atoms with Crippen molar-refractivity contribution in [3.05, 3.63) is 28.7 Å². The van der Waals surface area contributed by atoms with Gasteiger partial charge in [-0.1, -0.05) is 15.9 Å². The lowest BCUT2D eigenvalue weighted by atomic mass is 10.2. The minimum atomic E-state index is 0.294. The van der Waals surface area contributed by atoms with Gasteiger partial charge in [0.15, 0.2) is 0 Å². The Hall–Kier alpha value is -0.580. The van der Waals surface area contributed by atoms with E-state index in [-0.39, 0.29) is 0 Å². The van der Waals surface area contributed by atoms with Crippen molar-refractivity contribution < 1.29 is 4.74 Å². The average Bonchev–Trinajstić information content (AvgIpc) is 2.31. The lowest BCUT2D eigenvalue weighted by Gasteiger charge is -2.29. The summed E-state index contributed by atoms with van der Waals surface area (Å²) < 4.78 is 6.79. The number of hydrogen-bond donors (Lipinski definition) is 1. The van der Waals surface area contributed by atoms with Crippen LogP contribution in [0.1, 0.15) is 0 Å². The zero-order valence-corrected chi connectivity index (χ0v) is 11.0. The second-order valence-corrected chi connectivity index (χ2v) is 4.97. The van der Waals surface area contributed by atoms with Crippen molar-refractivity contribution in [1.29, 1.82) is 0 Å². The van der Waals surface area contributed by atoms with E-state index in [1.54, 1.807) is 0 Å². The van der Waals surface area contributed by atoms with Gasteiger partial charge in [0.2, 0.25) is 0 Å². The Labute approximate surface area is 105 Å². The first-order valence-corrected chi connectivity index (χ1v) is 6.34. The highest BCUT2D eigenvalue weighted by molar-refractivity contribution is 9.10. The smallest absolute Gasteiger partial charge is 0.0874 e. The van der Waals surface area contributed by atoms with Gasteiger partial charge in [0.25, 0.3) is 0 Å². The van der Waals surface area contributed by atoms with Crippen LogP contribution in [0.15, 0.2) is 28.7 Å². The number of hydrogen-bond acceptors (Lipinski definition) is 3. The predicted molar refractivity (Wildman–Crippen MR) is 70.0 cm³/mol. The number of halogens is 1. The summed E-state index contributed by atoms with van der Waals surface area (Å²) in [6, 6.07) is 8.35. The molecule has 0 bridgehead atoms. The van der Waals surface area contributed by atoms with Crippen molar-refractivity contribution in [2.24, 2.45) is 0 Å². The Morgan fingerprint density at radius 2 is 2.19 bits per heavy atom. The molecule has 3 nitrogen and oxygen atoms in total. The lowest BCUT2D eigenvalue weighted by molar-refractivity contribution is 0.0340. The highest BCUT2D eigenvalue weighted by Gasteiger charge is 2.15. The van der Waals surface area contributed by atoms with Gasteiger partial charge in [0.1, 0.15) is 0 Å². The van der Waals surface area contributed by atoms with E-state index in [4.69, 9.17) is 4.74 Å². The summed E-state index contributed by atoms with van der Waals surface area (Å²) >= 11 is 3.44. The van der Waals surface area contributed by atoms with Gasteiger partial charge in [0, 0.05) is 36.8 Å². The summed E-state index contributed by atoms with van der Waals surface area (Å²) in [5.41, 5.74) is 1.22. The molecule has 0 spiro atoms. The molecular formula is C12H17BrN2O. The van der Waals surface area contributed by atoms with E-state index in [0.29, 0.717) is 6.10 Å². The Morgan fingerprint density at radius 1 is 1.44 bits per heavy atom. The molecule has 1 aromatic rings. The van der Waals surface area contributed by atoms with Gasteiger partial charge in [-0.15, -0.1) is 0 Å². The van der Waals surface area contributed by atoms with Gasteiger partial charge in [-0.05, 0) is 24.3 Å². The number of morpholine rings is 1. The van der Waals surface area contributed by atoms with Crippen molar-refractivity contribution in [2.45, 2.75) is 6.10 Å². The van der Waals surface area contributed by atoms with E-state index >= 15 is 0 Å². The molecule has 1 aromatic carbocycles. The second-order valence-electron chi connectivity index (χ2n) is 4.05. The highest BCUT2D eigenvalue weighted by Crippen LogP contribution is 2.17. The molecule has 2 rings (SSSR count). The maximum atomic E-state index is 5.68. The molecule has 0 saturated carbocycles. The predicted octanol–water partition coefficient (Wildman–Crippen LogP) is 1.87. The standard InChI is InChI=1S/C12H17BrN2O/c1-15(9-12-8-14-6-7-16-12)11-4-2-10(13)3-5-11/h2-5,12,14H,6-9H2,1H3. The lowest BCUT2D eigenvalue weighted by Crippen LogP contribution is -2.44. The molecule has 1 aliphatic rings. The molecule has 88 valence electrons. The summed E-state index contributed by atoms with van der Waals surface area (Å²) in [7, 11) is 2.10. The molecule has 0 aliphatic carbocycles. The molecule has 1 fully saturated rings. The zero-order chi connectivity index (χ0) is 11.4. The fraction of sp³-hybridized carbons (Fsp3) is 0.500. The van der Waals surface area contributed by atoms with Crippen LogP contribution < -0.4 is 10.2 Å². The first-order chi connectivity index (χ1) is 7.75. The number of nitrogens with zero attached hydrogens (tertiary/aromatic N) is 1. The van der Waals surface area contributed by atoms with E-state index in [1.165, 1.54) is 5.69 Å². The summed E-state index contributed by atoms with van der Waals surface area (Å²) in [4.78, 5) is 2.23. The highest BCUT2D eigenvalue weighted by atomic mass is 79.9. The van der Waals surface area contributed by atoms with Crippen molar-refractivity contribution >= 4 is 21.6 Å². The van der Waals surface area contributed by atoms with Crippen molar-refractivity contribution in [2.75, 3.05) is 38.2 Å². The Bertz CT molecular complexity index is 322. The van der Waals surface area contributed by atoms with Gasteiger partial charge >= 0.3 is 0 Å².